The van der Waals surface area contributed by atoms with Crippen LogP contribution >= 0.6 is 23.5 Å². The summed E-state index contributed by atoms with van der Waals surface area (Å²) in [5.74, 6) is 4.08. The van der Waals surface area contributed by atoms with Gasteiger partial charge in [0, 0.05) is 24.3 Å². The fourth-order valence-electron chi connectivity index (χ4n) is 2.84. The van der Waals surface area contributed by atoms with Gasteiger partial charge in [0.1, 0.15) is 0 Å². The Labute approximate surface area is 190 Å². The van der Waals surface area contributed by atoms with Crippen LogP contribution in [0, 0.1) is 0 Å². The van der Waals surface area contributed by atoms with Crippen LogP contribution in [0.2, 0.25) is 0 Å². The average Bonchev–Trinajstić information content (AvgIpc) is 2.73. The minimum atomic E-state index is -0.369. The van der Waals surface area contributed by atoms with E-state index in [1.165, 1.54) is 51.4 Å². The normalized spacial score (nSPS) is 12.7. The zero-order valence-electron chi connectivity index (χ0n) is 18.7. The van der Waals surface area contributed by atoms with Crippen molar-refractivity contribution in [2.24, 2.45) is 0 Å². The van der Waals surface area contributed by atoms with Crippen molar-refractivity contribution in [1.82, 2.24) is 10.6 Å². The van der Waals surface area contributed by atoms with Crippen molar-refractivity contribution < 1.29 is 19.2 Å². The summed E-state index contributed by atoms with van der Waals surface area (Å²) in [6.07, 6.45) is 12.3. The molecule has 2 amide bonds. The van der Waals surface area contributed by atoms with Gasteiger partial charge in [-0.25, -0.2) is 0 Å². The summed E-state index contributed by atoms with van der Waals surface area (Å²) >= 11 is 3.65. The van der Waals surface area contributed by atoms with Crippen molar-refractivity contribution in [2.45, 2.75) is 90.1 Å². The standard InChI is InChI=1S/C22H40N2O4S2/c1-19(23-17-25)21(27)11-15-29-13-9-7-5-3-4-6-8-10-14-30-16-12-22(28)20(2)24-18-26/h17-20H,3-16H2,1-2H3,(H,23,25)(H,24,26)/t19-,20-/m0/s1. The van der Waals surface area contributed by atoms with Crippen LogP contribution < -0.4 is 10.6 Å². The molecule has 0 aliphatic heterocycles. The molecule has 0 spiro atoms. The van der Waals surface area contributed by atoms with Crippen LogP contribution in [-0.4, -0.2) is 59.5 Å². The number of nitrogens with one attached hydrogen (secondary N) is 2. The number of carbonyl (C=O) groups is 4. The maximum atomic E-state index is 11.7. The Morgan fingerprint density at radius 2 is 0.967 bits per heavy atom. The third kappa shape index (κ3) is 17.8. The second-order valence-electron chi connectivity index (χ2n) is 7.50. The number of thioether (sulfide) groups is 2. The monoisotopic (exact) mass is 460 g/mol. The molecule has 0 aliphatic carbocycles. The molecule has 0 saturated carbocycles. The highest BCUT2D eigenvalue weighted by atomic mass is 32.2. The maximum absolute atomic E-state index is 11.7. The Balaban J connectivity index is 3.26. The van der Waals surface area contributed by atoms with E-state index in [0.29, 0.717) is 25.7 Å². The summed E-state index contributed by atoms with van der Waals surface area (Å²) in [5.41, 5.74) is 0. The molecule has 0 unspecified atom stereocenters. The Bertz CT molecular complexity index is 436. The van der Waals surface area contributed by atoms with Gasteiger partial charge >= 0.3 is 0 Å². The molecule has 0 saturated heterocycles. The van der Waals surface area contributed by atoms with Crippen molar-refractivity contribution >= 4 is 47.9 Å². The van der Waals surface area contributed by atoms with E-state index in [1.54, 1.807) is 13.8 Å². The summed E-state index contributed by atoms with van der Waals surface area (Å²) in [7, 11) is 0. The van der Waals surface area contributed by atoms with Crippen LogP contribution in [0.3, 0.4) is 0 Å². The van der Waals surface area contributed by atoms with Crippen molar-refractivity contribution in [3.63, 3.8) is 0 Å². The lowest BCUT2D eigenvalue weighted by molar-refractivity contribution is -0.122. The fourth-order valence-corrected chi connectivity index (χ4v) is 4.76. The third-order valence-corrected chi connectivity index (χ3v) is 7.06. The summed E-state index contributed by atoms with van der Waals surface area (Å²) in [4.78, 5) is 44.0. The van der Waals surface area contributed by atoms with Crippen molar-refractivity contribution in [3.8, 4) is 0 Å². The molecule has 0 bridgehead atoms. The molecule has 0 fully saturated rings. The Hall–Kier alpha value is -1.02. The number of carbonyl (C=O) groups excluding carboxylic acids is 4. The van der Waals surface area contributed by atoms with Crippen LogP contribution in [0.4, 0.5) is 0 Å². The van der Waals surface area contributed by atoms with Crippen LogP contribution in [0.15, 0.2) is 0 Å². The van der Waals surface area contributed by atoms with Crippen LogP contribution in [0.1, 0.15) is 78.1 Å². The van der Waals surface area contributed by atoms with Gasteiger partial charge in [-0.05, 0) is 38.2 Å². The highest BCUT2D eigenvalue weighted by Gasteiger charge is 2.11. The molecule has 8 heteroatoms. The van der Waals surface area contributed by atoms with Crippen LogP contribution in [0.25, 0.3) is 0 Å². The van der Waals surface area contributed by atoms with E-state index in [0.717, 1.165) is 23.0 Å². The summed E-state index contributed by atoms with van der Waals surface area (Å²) in [5, 5.41) is 4.99. The molecule has 0 aromatic heterocycles. The minimum Gasteiger partial charge on any atom is -0.349 e. The molecular weight excluding hydrogens is 420 g/mol. The van der Waals surface area contributed by atoms with Gasteiger partial charge in [-0.1, -0.05) is 38.5 Å². The Morgan fingerprint density at radius 1 is 0.633 bits per heavy atom. The van der Waals surface area contributed by atoms with Gasteiger partial charge in [-0.2, -0.15) is 23.5 Å². The quantitative estimate of drug-likeness (QED) is 0.178. The lowest BCUT2D eigenvalue weighted by atomic mass is 10.1. The number of hydrogen-bond acceptors (Lipinski definition) is 6. The molecule has 6 nitrogen and oxygen atoms in total. The van der Waals surface area contributed by atoms with Gasteiger partial charge in [-0.3, -0.25) is 19.2 Å². The summed E-state index contributed by atoms with van der Waals surface area (Å²) in [6, 6.07) is -0.738. The number of unbranched alkanes of at least 4 members (excludes halogenated alkanes) is 7. The second kappa shape index (κ2) is 21.2. The van der Waals surface area contributed by atoms with Gasteiger partial charge < -0.3 is 10.6 Å². The van der Waals surface area contributed by atoms with E-state index >= 15 is 0 Å². The first-order valence-corrected chi connectivity index (χ1v) is 13.4. The van der Waals surface area contributed by atoms with E-state index in [-0.39, 0.29) is 23.7 Å². The van der Waals surface area contributed by atoms with Gasteiger partial charge in [-0.15, -0.1) is 0 Å². The zero-order chi connectivity index (χ0) is 22.5. The van der Waals surface area contributed by atoms with Gasteiger partial charge in [0.25, 0.3) is 0 Å². The Morgan fingerprint density at radius 3 is 1.30 bits per heavy atom. The minimum absolute atomic E-state index is 0.1000. The molecule has 0 aliphatic rings. The van der Waals surface area contributed by atoms with E-state index in [4.69, 9.17) is 0 Å². The highest BCUT2D eigenvalue weighted by molar-refractivity contribution is 7.99. The van der Waals surface area contributed by atoms with Crippen molar-refractivity contribution in [2.75, 3.05) is 23.0 Å². The van der Waals surface area contributed by atoms with E-state index in [2.05, 4.69) is 10.6 Å². The predicted octanol–water partition coefficient (Wildman–Crippen LogP) is 3.76. The molecule has 174 valence electrons. The SMILES string of the molecule is C[C@H](NC=O)C(=O)CCSCCCCCCCCCCSCCC(=O)[C@H](C)NC=O. The average molecular weight is 461 g/mol. The molecule has 0 aromatic carbocycles. The molecule has 2 N–H and O–H groups in total. The smallest absolute Gasteiger partial charge is 0.207 e. The van der Waals surface area contributed by atoms with Crippen LogP contribution in [-0.2, 0) is 19.2 Å². The lowest BCUT2D eigenvalue weighted by Gasteiger charge is -2.08. The molecule has 2 atom stereocenters. The highest BCUT2D eigenvalue weighted by Crippen LogP contribution is 2.14. The number of Topliss-reactive ketones (excluding diaryl/α,β-unsaturated/α-hetero) is 2. The molecule has 0 heterocycles. The first-order valence-electron chi connectivity index (χ1n) is 11.1. The van der Waals surface area contributed by atoms with E-state index in [9.17, 15) is 19.2 Å². The van der Waals surface area contributed by atoms with Crippen molar-refractivity contribution in [3.05, 3.63) is 0 Å². The molecule has 0 radical (unpaired) electrons. The zero-order valence-corrected chi connectivity index (χ0v) is 20.3. The molecule has 0 aromatic rings. The number of rotatable bonds is 23. The summed E-state index contributed by atoms with van der Waals surface area (Å²) in [6.45, 7) is 3.45. The van der Waals surface area contributed by atoms with Gasteiger partial charge in [0.05, 0.1) is 12.1 Å². The van der Waals surface area contributed by atoms with Gasteiger partial charge in [0.2, 0.25) is 12.8 Å². The Kier molecular flexibility index (Phi) is 20.5. The summed E-state index contributed by atoms with van der Waals surface area (Å²) < 4.78 is 0. The predicted molar refractivity (Wildman–Crippen MR) is 128 cm³/mol. The first-order chi connectivity index (χ1) is 14.5. The first kappa shape index (κ1) is 29.0. The number of hydrogen-bond donors (Lipinski definition) is 2. The van der Waals surface area contributed by atoms with E-state index < -0.39 is 0 Å². The lowest BCUT2D eigenvalue weighted by Crippen LogP contribution is -2.32. The largest absolute Gasteiger partial charge is 0.349 e. The fraction of sp³-hybridized carbons (Fsp3) is 0.818. The van der Waals surface area contributed by atoms with Gasteiger partial charge in [0.15, 0.2) is 11.6 Å². The van der Waals surface area contributed by atoms with E-state index in [1.807, 2.05) is 23.5 Å². The molecule has 0 rings (SSSR count). The topological polar surface area (TPSA) is 92.3 Å². The second-order valence-corrected chi connectivity index (χ2v) is 9.95. The third-order valence-electron chi connectivity index (χ3n) is 4.91. The van der Waals surface area contributed by atoms with Crippen LogP contribution in [0.5, 0.6) is 0 Å². The maximum Gasteiger partial charge on any atom is 0.207 e. The molecule has 30 heavy (non-hydrogen) atoms. The molecular formula is C22H40N2O4S2. The number of ketones is 2. The number of amides is 2. The van der Waals surface area contributed by atoms with Crippen molar-refractivity contribution in [1.29, 1.82) is 0 Å².